The van der Waals surface area contributed by atoms with Crippen molar-refractivity contribution in [1.82, 2.24) is 9.97 Å². The van der Waals surface area contributed by atoms with Crippen LogP contribution in [0.4, 0.5) is 24.9 Å². The molecule has 8 heteroatoms. The summed E-state index contributed by atoms with van der Waals surface area (Å²) in [5.41, 5.74) is 5.56. The predicted octanol–water partition coefficient (Wildman–Crippen LogP) is 3.05. The zero-order valence-electron chi connectivity index (χ0n) is 10.4. The van der Waals surface area contributed by atoms with Gasteiger partial charge in [-0.3, -0.25) is 0 Å². The van der Waals surface area contributed by atoms with E-state index in [0.29, 0.717) is 10.2 Å². The first kappa shape index (κ1) is 13.9. The summed E-state index contributed by atoms with van der Waals surface area (Å²) in [7, 11) is 0. The van der Waals surface area contributed by atoms with Crippen LogP contribution in [-0.4, -0.2) is 28.7 Å². The van der Waals surface area contributed by atoms with Crippen LogP contribution in [0.1, 0.15) is 13.8 Å². The minimum Gasteiger partial charge on any atom is -0.368 e. The van der Waals surface area contributed by atoms with Gasteiger partial charge in [0.2, 0.25) is 5.95 Å². The molecule has 2 N–H and O–H groups in total. The van der Waals surface area contributed by atoms with Crippen molar-refractivity contribution in [2.24, 2.45) is 0 Å². The Morgan fingerprint density at radius 3 is 2.63 bits per heavy atom. The SMILES string of the molecule is CC(C)N(CC(F)(F)F)c1nc(N)nc2sccc12. The molecule has 0 aliphatic carbocycles. The summed E-state index contributed by atoms with van der Waals surface area (Å²) in [5, 5.41) is 2.35. The lowest BCUT2D eigenvalue weighted by atomic mass is 10.2. The monoisotopic (exact) mass is 290 g/mol. The molecule has 2 rings (SSSR count). The van der Waals surface area contributed by atoms with Crippen molar-refractivity contribution in [3.63, 3.8) is 0 Å². The lowest BCUT2D eigenvalue weighted by molar-refractivity contribution is -0.120. The van der Waals surface area contributed by atoms with E-state index >= 15 is 0 Å². The maximum absolute atomic E-state index is 12.7. The highest BCUT2D eigenvalue weighted by Gasteiger charge is 2.33. The van der Waals surface area contributed by atoms with Gasteiger partial charge in [0.25, 0.3) is 0 Å². The first-order chi connectivity index (χ1) is 8.78. The predicted molar refractivity (Wildman–Crippen MR) is 70.4 cm³/mol. The second kappa shape index (κ2) is 4.84. The Hall–Kier alpha value is -1.57. The number of hydrogen-bond acceptors (Lipinski definition) is 5. The average molecular weight is 290 g/mol. The van der Waals surface area contributed by atoms with Crippen molar-refractivity contribution in [2.45, 2.75) is 26.1 Å². The number of alkyl halides is 3. The molecule has 0 aliphatic rings. The van der Waals surface area contributed by atoms with Gasteiger partial charge in [-0.05, 0) is 25.3 Å². The minimum atomic E-state index is -4.30. The molecule has 0 saturated heterocycles. The highest BCUT2D eigenvalue weighted by Crippen LogP contribution is 2.31. The van der Waals surface area contributed by atoms with Crippen LogP contribution in [0.25, 0.3) is 10.2 Å². The molecule has 0 fully saturated rings. The van der Waals surface area contributed by atoms with Crippen molar-refractivity contribution >= 4 is 33.3 Å². The minimum absolute atomic E-state index is 0.0159. The first-order valence-corrected chi connectivity index (χ1v) is 6.50. The van der Waals surface area contributed by atoms with Gasteiger partial charge in [-0.1, -0.05) is 0 Å². The number of nitrogens with two attached hydrogens (primary N) is 1. The Balaban J connectivity index is 2.52. The van der Waals surface area contributed by atoms with E-state index in [1.54, 1.807) is 25.3 Å². The maximum atomic E-state index is 12.7. The lowest BCUT2D eigenvalue weighted by Gasteiger charge is -2.29. The van der Waals surface area contributed by atoms with E-state index in [0.717, 1.165) is 0 Å². The number of aromatic nitrogens is 2. The second-order valence-electron chi connectivity index (χ2n) is 4.38. The number of anilines is 2. The number of halogens is 3. The van der Waals surface area contributed by atoms with Gasteiger partial charge in [-0.15, -0.1) is 11.3 Å². The van der Waals surface area contributed by atoms with Crippen molar-refractivity contribution in [2.75, 3.05) is 17.2 Å². The number of fused-ring (bicyclic) bond motifs is 1. The van der Waals surface area contributed by atoms with Crippen LogP contribution in [-0.2, 0) is 0 Å². The largest absolute Gasteiger partial charge is 0.405 e. The molecule has 2 aromatic heterocycles. The van der Waals surface area contributed by atoms with Crippen LogP contribution in [0.5, 0.6) is 0 Å². The number of rotatable bonds is 3. The fourth-order valence-corrected chi connectivity index (χ4v) is 2.54. The molecule has 0 saturated carbocycles. The lowest BCUT2D eigenvalue weighted by Crippen LogP contribution is -2.39. The van der Waals surface area contributed by atoms with Gasteiger partial charge in [0.1, 0.15) is 17.2 Å². The molecule has 0 amide bonds. The van der Waals surface area contributed by atoms with Crippen molar-refractivity contribution in [3.8, 4) is 0 Å². The van der Waals surface area contributed by atoms with E-state index in [1.165, 1.54) is 16.2 Å². The summed E-state index contributed by atoms with van der Waals surface area (Å²) in [4.78, 5) is 9.77. The molecule has 0 aromatic carbocycles. The number of thiophene rings is 1. The van der Waals surface area contributed by atoms with E-state index in [4.69, 9.17) is 5.73 Å². The van der Waals surface area contributed by atoms with E-state index < -0.39 is 12.7 Å². The molecule has 104 valence electrons. The van der Waals surface area contributed by atoms with Crippen LogP contribution >= 0.6 is 11.3 Å². The van der Waals surface area contributed by atoms with Crippen LogP contribution in [0.15, 0.2) is 11.4 Å². The van der Waals surface area contributed by atoms with Crippen LogP contribution in [0.2, 0.25) is 0 Å². The molecule has 19 heavy (non-hydrogen) atoms. The van der Waals surface area contributed by atoms with Gasteiger partial charge in [0.15, 0.2) is 0 Å². The molecular weight excluding hydrogens is 277 g/mol. The summed E-state index contributed by atoms with van der Waals surface area (Å²) in [6.45, 7) is 2.30. The molecule has 0 radical (unpaired) electrons. The fourth-order valence-electron chi connectivity index (χ4n) is 1.77. The maximum Gasteiger partial charge on any atom is 0.405 e. The molecule has 4 nitrogen and oxygen atoms in total. The molecule has 2 aromatic rings. The third-order valence-corrected chi connectivity index (χ3v) is 3.37. The number of hydrogen-bond donors (Lipinski definition) is 1. The number of nitrogens with zero attached hydrogens (tertiary/aromatic N) is 3. The van der Waals surface area contributed by atoms with Crippen molar-refractivity contribution in [1.29, 1.82) is 0 Å². The molecule has 0 atom stereocenters. The Kier molecular flexibility index (Phi) is 3.53. The van der Waals surface area contributed by atoms with E-state index in [1.807, 2.05) is 0 Å². The third kappa shape index (κ3) is 3.06. The molecule has 0 unspecified atom stereocenters. The van der Waals surface area contributed by atoms with Crippen LogP contribution < -0.4 is 10.6 Å². The van der Waals surface area contributed by atoms with E-state index in [9.17, 15) is 13.2 Å². The Labute approximate surface area is 112 Å². The quantitative estimate of drug-likeness (QED) is 0.944. The smallest absolute Gasteiger partial charge is 0.368 e. The fraction of sp³-hybridized carbons (Fsp3) is 0.455. The van der Waals surface area contributed by atoms with Gasteiger partial charge in [0, 0.05) is 6.04 Å². The standard InChI is InChI=1S/C11H13F3N4S/c1-6(2)18(5-11(12,13)14)8-7-3-4-19-9(7)17-10(15)16-8/h3-4,6H,5H2,1-2H3,(H2,15,16,17). The highest BCUT2D eigenvalue weighted by atomic mass is 32.1. The molecule has 0 spiro atoms. The second-order valence-corrected chi connectivity index (χ2v) is 5.28. The van der Waals surface area contributed by atoms with Crippen molar-refractivity contribution < 1.29 is 13.2 Å². The first-order valence-electron chi connectivity index (χ1n) is 5.62. The molecular formula is C11H13F3N4S. The zero-order chi connectivity index (χ0) is 14.2. The Morgan fingerprint density at radius 2 is 2.05 bits per heavy atom. The van der Waals surface area contributed by atoms with Gasteiger partial charge in [-0.2, -0.15) is 18.2 Å². The van der Waals surface area contributed by atoms with Gasteiger partial charge < -0.3 is 10.6 Å². The zero-order valence-corrected chi connectivity index (χ0v) is 11.2. The number of nitrogen functional groups attached to an aromatic ring is 1. The highest BCUT2D eigenvalue weighted by molar-refractivity contribution is 7.16. The summed E-state index contributed by atoms with van der Waals surface area (Å²) >= 11 is 1.32. The van der Waals surface area contributed by atoms with Crippen molar-refractivity contribution in [3.05, 3.63) is 11.4 Å². The average Bonchev–Trinajstić information content (AvgIpc) is 2.71. The van der Waals surface area contributed by atoms with Gasteiger partial charge >= 0.3 is 6.18 Å². The summed E-state index contributed by atoms with van der Waals surface area (Å²) < 4.78 is 38.0. The van der Waals surface area contributed by atoms with Crippen LogP contribution in [0.3, 0.4) is 0 Å². The Bertz CT molecular complexity index is 579. The third-order valence-electron chi connectivity index (χ3n) is 2.57. The van der Waals surface area contributed by atoms with E-state index in [-0.39, 0.29) is 17.8 Å². The Morgan fingerprint density at radius 1 is 1.37 bits per heavy atom. The topological polar surface area (TPSA) is 55.0 Å². The molecule has 0 bridgehead atoms. The normalized spacial score (nSPS) is 12.3. The van der Waals surface area contributed by atoms with E-state index in [2.05, 4.69) is 9.97 Å². The van der Waals surface area contributed by atoms with Gasteiger partial charge in [0.05, 0.1) is 5.39 Å². The van der Waals surface area contributed by atoms with Crippen LogP contribution in [0, 0.1) is 0 Å². The summed E-state index contributed by atoms with van der Waals surface area (Å²) in [6.07, 6.45) is -4.30. The molecule has 0 aliphatic heterocycles. The molecule has 2 heterocycles. The van der Waals surface area contributed by atoms with Gasteiger partial charge in [-0.25, -0.2) is 4.98 Å². The summed E-state index contributed by atoms with van der Waals surface area (Å²) in [5.74, 6) is 0.217. The summed E-state index contributed by atoms with van der Waals surface area (Å²) in [6, 6.07) is 1.36.